The van der Waals surface area contributed by atoms with Crippen LogP contribution in [-0.2, 0) is 5.41 Å². The minimum Gasteiger partial charge on any atom is -0.457 e. The number of aliphatic imine (C=N–C) groups is 2. The number of hydrogen-bond donors (Lipinski definition) is 0. The number of fused-ring (bicyclic) bond motifs is 13. The molecule has 3 aliphatic carbocycles. The monoisotopic (exact) mass is 800 g/mol. The van der Waals surface area contributed by atoms with Crippen LogP contribution in [0.5, 0.6) is 5.75 Å². The van der Waals surface area contributed by atoms with E-state index in [1.807, 2.05) is 11.8 Å². The summed E-state index contributed by atoms with van der Waals surface area (Å²) in [5.74, 6) is 3.02. The highest BCUT2D eigenvalue weighted by Gasteiger charge is 2.53. The van der Waals surface area contributed by atoms with Gasteiger partial charge in [0.15, 0.2) is 5.84 Å². The van der Waals surface area contributed by atoms with Crippen LogP contribution in [-0.4, -0.2) is 16.8 Å². The van der Waals surface area contributed by atoms with Crippen LogP contribution in [0.3, 0.4) is 0 Å². The number of nitrogens with zero attached hydrogens (tertiary/aromatic N) is 2. The average molecular weight is 801 g/mol. The van der Waals surface area contributed by atoms with E-state index in [1.165, 1.54) is 76.9 Å². The minimum atomic E-state index is -0.424. The first-order chi connectivity index (χ1) is 30.2. The van der Waals surface area contributed by atoms with E-state index in [2.05, 4.69) is 188 Å². The highest BCUT2D eigenvalue weighted by molar-refractivity contribution is 8.01. The van der Waals surface area contributed by atoms with Crippen LogP contribution >= 0.6 is 11.8 Å². The van der Waals surface area contributed by atoms with Gasteiger partial charge in [-0.3, -0.25) is 4.99 Å². The zero-order valence-corrected chi connectivity index (χ0v) is 34.3. The normalized spacial score (nSPS) is 22.6. The van der Waals surface area contributed by atoms with Crippen molar-refractivity contribution in [2.45, 2.75) is 46.8 Å². The molecule has 0 saturated carbocycles. The number of rotatable bonds is 4. The van der Waals surface area contributed by atoms with Crippen molar-refractivity contribution in [1.29, 1.82) is 0 Å². The quantitative estimate of drug-likeness (QED) is 0.178. The number of amidine groups is 1. The summed E-state index contributed by atoms with van der Waals surface area (Å²) >= 11 is 1.90. The number of allylic oxidation sites excluding steroid dienone is 7. The van der Waals surface area contributed by atoms with Crippen molar-refractivity contribution in [2.75, 3.05) is 0 Å². The fraction of sp³-hybridized carbons (Fsp3) is 0.123. The molecule has 0 amide bonds. The van der Waals surface area contributed by atoms with Gasteiger partial charge >= 0.3 is 0 Å². The molecule has 290 valence electrons. The molecule has 4 atom stereocenters. The smallest absolute Gasteiger partial charge is 0.156 e. The molecule has 13 rings (SSSR count). The van der Waals surface area contributed by atoms with Crippen molar-refractivity contribution in [1.82, 2.24) is 0 Å². The van der Waals surface area contributed by atoms with E-state index in [9.17, 15) is 0 Å². The molecule has 4 heteroatoms. The highest BCUT2D eigenvalue weighted by Crippen LogP contribution is 2.62. The van der Waals surface area contributed by atoms with Gasteiger partial charge in [0.25, 0.3) is 0 Å². The van der Waals surface area contributed by atoms with Crippen molar-refractivity contribution >= 4 is 39.7 Å². The first kappa shape index (κ1) is 35.0. The number of ether oxygens (including phenoxy) is 1. The predicted octanol–water partition coefficient (Wildman–Crippen LogP) is 13.7. The number of thioether (sulfide) groups is 1. The van der Waals surface area contributed by atoms with Crippen molar-refractivity contribution in [3.63, 3.8) is 0 Å². The van der Waals surface area contributed by atoms with Crippen molar-refractivity contribution < 1.29 is 4.74 Å². The Kier molecular flexibility index (Phi) is 7.84. The minimum absolute atomic E-state index is 0.0889. The zero-order valence-electron chi connectivity index (χ0n) is 33.5. The summed E-state index contributed by atoms with van der Waals surface area (Å²) in [4.78, 5) is 12.2. The fourth-order valence-corrected chi connectivity index (χ4v) is 12.4. The van der Waals surface area contributed by atoms with Crippen LogP contribution in [0.2, 0.25) is 0 Å². The highest BCUT2D eigenvalue weighted by atomic mass is 32.2. The summed E-state index contributed by atoms with van der Waals surface area (Å²) in [6.45, 7) is 0. The second-order valence-corrected chi connectivity index (χ2v) is 18.0. The lowest BCUT2D eigenvalue weighted by Gasteiger charge is -2.42. The first-order valence-electron chi connectivity index (χ1n) is 21.5. The van der Waals surface area contributed by atoms with E-state index in [-0.39, 0.29) is 17.2 Å². The number of para-hydroxylation sites is 1. The Morgan fingerprint density at radius 1 is 0.607 bits per heavy atom. The second kappa shape index (κ2) is 13.6. The van der Waals surface area contributed by atoms with Gasteiger partial charge in [-0.1, -0.05) is 170 Å². The Morgan fingerprint density at radius 3 is 2.26 bits per heavy atom. The lowest BCUT2D eigenvalue weighted by molar-refractivity contribution is 0.383. The molecule has 3 heterocycles. The molecule has 0 radical (unpaired) electrons. The molecular weight excluding hydrogens is 761 g/mol. The van der Waals surface area contributed by atoms with Crippen LogP contribution in [0.4, 0.5) is 0 Å². The van der Waals surface area contributed by atoms with Crippen LogP contribution in [0.1, 0.15) is 75.7 Å². The average Bonchev–Trinajstić information content (AvgIpc) is 3.85. The summed E-state index contributed by atoms with van der Waals surface area (Å²) < 4.78 is 6.65. The molecule has 0 fully saturated rings. The summed E-state index contributed by atoms with van der Waals surface area (Å²) in [5.41, 5.74) is 15.9. The Balaban J connectivity index is 0.887. The van der Waals surface area contributed by atoms with Gasteiger partial charge in [-0.15, -0.1) is 11.8 Å². The molecule has 1 spiro atoms. The van der Waals surface area contributed by atoms with Gasteiger partial charge in [0, 0.05) is 33.1 Å². The maximum Gasteiger partial charge on any atom is 0.156 e. The zero-order chi connectivity index (χ0) is 40.1. The molecule has 6 aliphatic rings. The van der Waals surface area contributed by atoms with Crippen LogP contribution in [0.25, 0.3) is 27.5 Å². The summed E-state index contributed by atoms with van der Waals surface area (Å²) in [6, 6.07) is 57.6. The van der Waals surface area contributed by atoms with Crippen LogP contribution in [0.15, 0.2) is 214 Å². The topological polar surface area (TPSA) is 34.0 Å². The SMILES string of the molecule is C1=C[C@@H](c2ccc3c(c2)C2(C4=CCCC=C4Oc4ccccc42)c2ccccc2-3)CC=C1c1ccccc1C1N=C(c2cccc3ccccc23)N=C2c3ccccc3SC21. The third kappa shape index (κ3) is 5.18. The molecule has 7 aromatic rings. The molecule has 0 saturated heterocycles. The Bertz CT molecular complexity index is 3210. The molecule has 3 aliphatic heterocycles. The molecular formula is C57H40N2OS. The fourth-order valence-electron chi connectivity index (χ4n) is 11.0. The number of hydrogen-bond acceptors (Lipinski definition) is 4. The van der Waals surface area contributed by atoms with E-state index in [0.717, 1.165) is 47.9 Å². The maximum atomic E-state index is 6.65. The summed E-state index contributed by atoms with van der Waals surface area (Å²) in [5, 5.41) is 2.46. The lowest BCUT2D eigenvalue weighted by Crippen LogP contribution is -2.36. The van der Waals surface area contributed by atoms with Crippen molar-refractivity contribution in [3.05, 3.63) is 244 Å². The molecule has 61 heavy (non-hydrogen) atoms. The maximum absolute atomic E-state index is 6.65. The van der Waals surface area contributed by atoms with Crippen LogP contribution < -0.4 is 4.74 Å². The molecule has 3 nitrogen and oxygen atoms in total. The van der Waals surface area contributed by atoms with E-state index < -0.39 is 5.41 Å². The van der Waals surface area contributed by atoms with Crippen molar-refractivity contribution in [2.24, 2.45) is 9.98 Å². The van der Waals surface area contributed by atoms with Gasteiger partial charge in [0.05, 0.1) is 22.4 Å². The number of benzene rings is 7. The Hall–Kier alpha value is -6.75. The van der Waals surface area contributed by atoms with Gasteiger partial charge in [-0.25, -0.2) is 4.99 Å². The van der Waals surface area contributed by atoms with Crippen LogP contribution in [0, 0.1) is 0 Å². The molecule has 0 aromatic heterocycles. The van der Waals surface area contributed by atoms with Crippen molar-refractivity contribution in [3.8, 4) is 16.9 Å². The van der Waals surface area contributed by atoms with E-state index in [4.69, 9.17) is 14.7 Å². The Labute approximate surface area is 360 Å². The van der Waals surface area contributed by atoms with E-state index >= 15 is 0 Å². The third-order valence-corrected chi connectivity index (χ3v) is 15.0. The molecule has 7 aromatic carbocycles. The Morgan fingerprint density at radius 2 is 1.34 bits per heavy atom. The molecule has 0 N–H and O–H groups in total. The predicted molar refractivity (Wildman–Crippen MR) is 251 cm³/mol. The van der Waals surface area contributed by atoms with E-state index in [1.54, 1.807) is 0 Å². The van der Waals surface area contributed by atoms with Gasteiger partial charge < -0.3 is 4.74 Å². The van der Waals surface area contributed by atoms with Gasteiger partial charge in [-0.2, -0.15) is 0 Å². The van der Waals surface area contributed by atoms with Gasteiger partial charge in [0.1, 0.15) is 11.5 Å². The largest absolute Gasteiger partial charge is 0.457 e. The first-order valence-corrected chi connectivity index (χ1v) is 22.4. The second-order valence-electron chi connectivity index (χ2n) is 16.9. The molecule has 0 bridgehead atoms. The standard InChI is InChI=1S/C57H40N2OS/c1-2-17-40-36(14-1)15-13-21-44(40)56-58-53(55-54(59-56)45-20-6-12-27-52(45)61-55)43-19-4-3-16-39(43)37-30-28-35(29-31-37)38-32-33-42-41-18-5-7-22-46(41)57(49(42)34-38)47-23-8-10-25-50(47)60-51-26-11-9-24-48(51)57/h1-8,10,12-28,30-35,53,55H,9,11,29H2/t35-,53?,55?,57?/m1/s1. The summed E-state index contributed by atoms with van der Waals surface area (Å²) in [7, 11) is 0. The van der Waals surface area contributed by atoms with Gasteiger partial charge in [-0.05, 0) is 92.8 Å². The molecule has 3 unspecified atom stereocenters. The van der Waals surface area contributed by atoms with Gasteiger partial charge in [0.2, 0.25) is 0 Å². The lowest BCUT2D eigenvalue weighted by atomic mass is 9.64. The van der Waals surface area contributed by atoms with E-state index in [0.29, 0.717) is 0 Å². The summed E-state index contributed by atoms with van der Waals surface area (Å²) in [6.07, 6.45) is 14.9. The third-order valence-electron chi connectivity index (χ3n) is 13.7.